The molecule has 0 saturated carbocycles. The Morgan fingerprint density at radius 2 is 2.00 bits per heavy atom. The Hall–Kier alpha value is -2.70. The topological polar surface area (TPSA) is 97.1 Å². The van der Waals surface area contributed by atoms with E-state index in [4.69, 9.17) is 5.11 Å². The Labute approximate surface area is 121 Å². The third kappa shape index (κ3) is 3.88. The Balaban J connectivity index is 1.98. The predicted octanol–water partition coefficient (Wildman–Crippen LogP) is 0.855. The number of carboxylic acid groups (broad SMARTS) is 1. The van der Waals surface area contributed by atoms with E-state index in [-0.39, 0.29) is 18.1 Å². The van der Waals surface area contributed by atoms with Gasteiger partial charge >= 0.3 is 5.97 Å². The summed E-state index contributed by atoms with van der Waals surface area (Å²) in [6.07, 6.45) is 2.20. The first-order valence-corrected chi connectivity index (χ1v) is 6.57. The van der Waals surface area contributed by atoms with Gasteiger partial charge in [0.05, 0.1) is 6.20 Å². The van der Waals surface area contributed by atoms with Crippen LogP contribution in [-0.2, 0) is 24.3 Å². The van der Waals surface area contributed by atoms with E-state index in [1.54, 1.807) is 0 Å². The van der Waals surface area contributed by atoms with E-state index in [9.17, 15) is 9.59 Å². The van der Waals surface area contributed by atoms with Gasteiger partial charge in [-0.25, -0.2) is 4.68 Å². The monoisotopic (exact) mass is 288 g/mol. The SMILES string of the molecule is CCc1ccccc1CNC(=O)c1cn(CC(=O)O)nn1. The number of carbonyl (C=O) groups excluding carboxylic acids is 1. The molecule has 0 bridgehead atoms. The minimum Gasteiger partial charge on any atom is -0.480 e. The van der Waals surface area contributed by atoms with Crippen LogP contribution in [0.1, 0.15) is 28.5 Å². The highest BCUT2D eigenvalue weighted by Crippen LogP contribution is 2.09. The molecule has 2 aromatic rings. The minimum atomic E-state index is -1.04. The van der Waals surface area contributed by atoms with E-state index in [2.05, 4.69) is 22.6 Å². The smallest absolute Gasteiger partial charge is 0.325 e. The molecule has 0 spiro atoms. The molecule has 1 amide bonds. The maximum absolute atomic E-state index is 11.9. The van der Waals surface area contributed by atoms with E-state index in [1.165, 1.54) is 11.8 Å². The van der Waals surface area contributed by atoms with Crippen molar-refractivity contribution in [1.29, 1.82) is 0 Å². The third-order valence-corrected chi connectivity index (χ3v) is 3.01. The first-order chi connectivity index (χ1) is 10.1. The van der Waals surface area contributed by atoms with Crippen molar-refractivity contribution in [3.63, 3.8) is 0 Å². The lowest BCUT2D eigenvalue weighted by molar-refractivity contribution is -0.137. The van der Waals surface area contributed by atoms with Crippen LogP contribution in [0.25, 0.3) is 0 Å². The van der Waals surface area contributed by atoms with Crippen LogP contribution in [0, 0.1) is 0 Å². The number of hydrogen-bond acceptors (Lipinski definition) is 4. The van der Waals surface area contributed by atoms with Gasteiger partial charge in [-0.1, -0.05) is 36.4 Å². The molecule has 21 heavy (non-hydrogen) atoms. The summed E-state index contributed by atoms with van der Waals surface area (Å²) in [4.78, 5) is 22.5. The van der Waals surface area contributed by atoms with Crippen molar-refractivity contribution >= 4 is 11.9 Å². The van der Waals surface area contributed by atoms with Crippen LogP contribution in [0.2, 0.25) is 0 Å². The van der Waals surface area contributed by atoms with Gasteiger partial charge in [0.25, 0.3) is 5.91 Å². The zero-order chi connectivity index (χ0) is 15.2. The largest absolute Gasteiger partial charge is 0.480 e. The molecule has 0 atom stereocenters. The maximum Gasteiger partial charge on any atom is 0.325 e. The molecule has 0 unspecified atom stereocenters. The molecule has 0 radical (unpaired) electrons. The van der Waals surface area contributed by atoms with E-state index >= 15 is 0 Å². The summed E-state index contributed by atoms with van der Waals surface area (Å²) < 4.78 is 1.11. The summed E-state index contributed by atoms with van der Waals surface area (Å²) in [5.41, 5.74) is 2.32. The van der Waals surface area contributed by atoms with Crippen LogP contribution in [-0.4, -0.2) is 32.0 Å². The van der Waals surface area contributed by atoms with Gasteiger partial charge in [-0.15, -0.1) is 5.10 Å². The van der Waals surface area contributed by atoms with Gasteiger partial charge in [0.15, 0.2) is 5.69 Å². The highest BCUT2D eigenvalue weighted by atomic mass is 16.4. The molecule has 0 aliphatic carbocycles. The summed E-state index contributed by atoms with van der Waals surface area (Å²) in [5, 5.41) is 18.6. The summed E-state index contributed by atoms with van der Waals surface area (Å²) in [6.45, 7) is 2.13. The van der Waals surface area contributed by atoms with Crippen LogP contribution in [0.15, 0.2) is 30.5 Å². The highest BCUT2D eigenvalue weighted by Gasteiger charge is 2.12. The van der Waals surface area contributed by atoms with E-state index in [0.717, 1.165) is 16.7 Å². The summed E-state index contributed by atoms with van der Waals surface area (Å²) in [6, 6.07) is 7.86. The average molecular weight is 288 g/mol. The Bertz CT molecular complexity index is 651. The van der Waals surface area contributed by atoms with E-state index in [1.807, 2.05) is 24.3 Å². The molecule has 7 nitrogen and oxygen atoms in total. The molecule has 110 valence electrons. The normalized spacial score (nSPS) is 10.3. The molecule has 1 aromatic heterocycles. The molecular weight excluding hydrogens is 272 g/mol. The number of carbonyl (C=O) groups is 2. The van der Waals surface area contributed by atoms with Crippen molar-refractivity contribution in [3.05, 3.63) is 47.3 Å². The quantitative estimate of drug-likeness (QED) is 0.821. The minimum absolute atomic E-state index is 0.102. The van der Waals surface area contributed by atoms with Crippen LogP contribution >= 0.6 is 0 Å². The van der Waals surface area contributed by atoms with Crippen molar-refractivity contribution in [2.45, 2.75) is 26.4 Å². The number of aliphatic carboxylic acids is 1. The van der Waals surface area contributed by atoms with Gasteiger partial charge in [0.2, 0.25) is 0 Å². The van der Waals surface area contributed by atoms with Crippen molar-refractivity contribution in [1.82, 2.24) is 20.3 Å². The number of aromatic nitrogens is 3. The zero-order valence-corrected chi connectivity index (χ0v) is 11.6. The lowest BCUT2D eigenvalue weighted by Gasteiger charge is -2.08. The Morgan fingerprint density at radius 1 is 1.29 bits per heavy atom. The van der Waals surface area contributed by atoms with Gasteiger partial charge < -0.3 is 10.4 Å². The molecule has 0 fully saturated rings. The number of hydrogen-bond donors (Lipinski definition) is 2. The molecule has 2 N–H and O–H groups in total. The number of nitrogens with one attached hydrogen (secondary N) is 1. The molecule has 2 rings (SSSR count). The van der Waals surface area contributed by atoms with Crippen molar-refractivity contribution in [2.24, 2.45) is 0 Å². The Kier molecular flexibility index (Phi) is 4.65. The van der Waals surface area contributed by atoms with Gasteiger partial charge in [0.1, 0.15) is 6.54 Å². The number of carboxylic acids is 1. The number of benzene rings is 1. The summed E-state index contributed by atoms with van der Waals surface area (Å²) >= 11 is 0. The first-order valence-electron chi connectivity index (χ1n) is 6.57. The van der Waals surface area contributed by atoms with Crippen molar-refractivity contribution < 1.29 is 14.7 Å². The summed E-state index contributed by atoms with van der Waals surface area (Å²) in [7, 11) is 0. The van der Waals surface area contributed by atoms with Gasteiger partial charge in [-0.2, -0.15) is 0 Å². The molecule has 0 aliphatic rings. The maximum atomic E-state index is 11.9. The Morgan fingerprint density at radius 3 is 2.67 bits per heavy atom. The zero-order valence-electron chi connectivity index (χ0n) is 11.6. The third-order valence-electron chi connectivity index (χ3n) is 3.01. The van der Waals surface area contributed by atoms with Crippen molar-refractivity contribution in [2.75, 3.05) is 0 Å². The second kappa shape index (κ2) is 6.65. The van der Waals surface area contributed by atoms with Crippen LogP contribution in [0.3, 0.4) is 0 Å². The lowest BCUT2D eigenvalue weighted by Crippen LogP contribution is -2.23. The van der Waals surface area contributed by atoms with Crippen LogP contribution in [0.5, 0.6) is 0 Å². The van der Waals surface area contributed by atoms with E-state index in [0.29, 0.717) is 6.54 Å². The summed E-state index contributed by atoms with van der Waals surface area (Å²) in [5.74, 6) is -1.42. The number of amides is 1. The lowest BCUT2D eigenvalue weighted by atomic mass is 10.1. The predicted molar refractivity (Wildman–Crippen MR) is 74.6 cm³/mol. The molecular formula is C14H16N4O3. The standard InChI is InChI=1S/C14H16N4O3/c1-2-10-5-3-4-6-11(10)7-15-14(21)12-8-18(17-16-12)9-13(19)20/h3-6,8H,2,7,9H2,1H3,(H,15,21)(H,19,20). The van der Waals surface area contributed by atoms with Crippen LogP contribution in [0.4, 0.5) is 0 Å². The molecule has 7 heteroatoms. The second-order valence-electron chi connectivity index (χ2n) is 4.50. The molecule has 0 saturated heterocycles. The highest BCUT2D eigenvalue weighted by molar-refractivity contribution is 5.91. The first kappa shape index (κ1) is 14.7. The molecule has 0 aliphatic heterocycles. The fraction of sp³-hybridized carbons (Fsp3) is 0.286. The van der Waals surface area contributed by atoms with Crippen molar-refractivity contribution in [3.8, 4) is 0 Å². The number of nitrogens with zero attached hydrogens (tertiary/aromatic N) is 3. The average Bonchev–Trinajstić information content (AvgIpc) is 2.92. The number of aryl methyl sites for hydroxylation is 1. The fourth-order valence-electron chi connectivity index (χ4n) is 1.96. The van der Waals surface area contributed by atoms with Crippen LogP contribution < -0.4 is 5.32 Å². The second-order valence-corrected chi connectivity index (χ2v) is 4.50. The van der Waals surface area contributed by atoms with Gasteiger partial charge in [-0.3, -0.25) is 9.59 Å². The molecule has 1 heterocycles. The number of rotatable bonds is 6. The van der Waals surface area contributed by atoms with E-state index < -0.39 is 5.97 Å². The molecule has 1 aromatic carbocycles. The fourth-order valence-corrected chi connectivity index (χ4v) is 1.96. The van der Waals surface area contributed by atoms with Gasteiger partial charge in [0, 0.05) is 6.54 Å². The van der Waals surface area contributed by atoms with Gasteiger partial charge in [-0.05, 0) is 17.5 Å².